The number of fused-ring (bicyclic) bond motifs is 1. The van der Waals surface area contributed by atoms with Gasteiger partial charge in [-0.15, -0.1) is 24.0 Å². The first-order chi connectivity index (χ1) is 12.0. The summed E-state index contributed by atoms with van der Waals surface area (Å²) in [5.41, 5.74) is 1.12. The summed E-state index contributed by atoms with van der Waals surface area (Å²) in [4.78, 5) is 6.73. The Labute approximate surface area is 177 Å². The van der Waals surface area contributed by atoms with Gasteiger partial charge in [-0.2, -0.15) is 11.8 Å². The minimum Gasteiger partial charge on any atom is -0.459 e. The van der Waals surface area contributed by atoms with Gasteiger partial charge in [-0.05, 0) is 45.3 Å². The van der Waals surface area contributed by atoms with Crippen LogP contribution in [-0.2, 0) is 0 Å². The Hall–Kier alpha value is -0.930. The molecule has 26 heavy (non-hydrogen) atoms. The number of hydrogen-bond acceptors (Lipinski definition) is 4. The molecule has 3 rings (SSSR count). The average Bonchev–Trinajstić information content (AvgIpc) is 3.25. The zero-order valence-corrected chi connectivity index (χ0v) is 19.1. The predicted molar refractivity (Wildman–Crippen MR) is 123 cm³/mol. The van der Waals surface area contributed by atoms with Gasteiger partial charge in [0.1, 0.15) is 11.3 Å². The van der Waals surface area contributed by atoms with Crippen LogP contribution in [0.4, 0.5) is 0 Å². The topological polar surface area (TPSA) is 52.8 Å². The van der Waals surface area contributed by atoms with E-state index in [1.54, 1.807) is 0 Å². The lowest BCUT2D eigenvalue weighted by atomic mass is 9.97. The molecule has 2 atom stereocenters. The van der Waals surface area contributed by atoms with E-state index in [-0.39, 0.29) is 35.6 Å². The van der Waals surface area contributed by atoms with E-state index in [0.29, 0.717) is 0 Å². The standard InChI is InChI=1S/C19H28N4OS.HI/c1-14(17-11-15-7-5-6-8-16(15)24-17)22-18(20-2)21-12-19(23(3)4)9-10-25-13-19;/h5-8,11,14H,9-10,12-13H2,1-4H3,(H2,20,21,22);1H. The van der Waals surface area contributed by atoms with E-state index in [2.05, 4.69) is 53.7 Å². The molecule has 0 bridgehead atoms. The number of likely N-dealkylation sites (N-methyl/N-ethyl adjacent to an activating group) is 1. The van der Waals surface area contributed by atoms with Crippen molar-refractivity contribution in [1.29, 1.82) is 0 Å². The Balaban J connectivity index is 0.00000243. The number of nitrogens with zero attached hydrogens (tertiary/aromatic N) is 2. The van der Waals surface area contributed by atoms with E-state index in [4.69, 9.17) is 4.42 Å². The number of rotatable bonds is 5. The Kier molecular flexibility index (Phi) is 7.66. The van der Waals surface area contributed by atoms with Crippen molar-refractivity contribution < 1.29 is 4.42 Å². The van der Waals surface area contributed by atoms with Crippen molar-refractivity contribution in [2.75, 3.05) is 39.2 Å². The second-order valence-electron chi connectivity index (χ2n) is 6.90. The van der Waals surface area contributed by atoms with E-state index >= 15 is 0 Å². The summed E-state index contributed by atoms with van der Waals surface area (Å²) in [6.45, 7) is 2.98. The van der Waals surface area contributed by atoms with Crippen LogP contribution in [0.1, 0.15) is 25.1 Å². The number of aliphatic imine (C=N–C) groups is 1. The minimum absolute atomic E-state index is 0. The molecule has 0 radical (unpaired) electrons. The first-order valence-electron chi connectivity index (χ1n) is 8.75. The molecule has 0 spiro atoms. The first kappa shape index (κ1) is 21.4. The molecule has 1 aromatic heterocycles. The molecule has 0 saturated carbocycles. The summed E-state index contributed by atoms with van der Waals surface area (Å²) < 4.78 is 5.95. The highest BCUT2D eigenvalue weighted by Crippen LogP contribution is 2.31. The van der Waals surface area contributed by atoms with Crippen LogP contribution < -0.4 is 10.6 Å². The fourth-order valence-corrected chi connectivity index (χ4v) is 4.73. The number of guanidine groups is 1. The molecule has 1 fully saturated rings. The maximum Gasteiger partial charge on any atom is 0.191 e. The van der Waals surface area contributed by atoms with Crippen LogP contribution in [0.2, 0.25) is 0 Å². The van der Waals surface area contributed by atoms with Gasteiger partial charge in [0.25, 0.3) is 0 Å². The van der Waals surface area contributed by atoms with Gasteiger partial charge in [0.05, 0.1) is 6.04 Å². The monoisotopic (exact) mass is 488 g/mol. The van der Waals surface area contributed by atoms with Gasteiger partial charge in [-0.25, -0.2) is 0 Å². The van der Waals surface area contributed by atoms with E-state index in [1.807, 2.05) is 37.0 Å². The molecule has 1 aliphatic rings. The third-order valence-electron chi connectivity index (χ3n) is 5.06. The predicted octanol–water partition coefficient (Wildman–Crippen LogP) is 3.71. The minimum atomic E-state index is 0. The second-order valence-corrected chi connectivity index (χ2v) is 8.00. The number of para-hydroxylation sites is 1. The fourth-order valence-electron chi connectivity index (χ4n) is 3.18. The van der Waals surface area contributed by atoms with Gasteiger partial charge in [0.15, 0.2) is 5.96 Å². The van der Waals surface area contributed by atoms with Crippen LogP contribution in [-0.4, -0.2) is 55.6 Å². The molecule has 2 aromatic rings. The van der Waals surface area contributed by atoms with Gasteiger partial charge in [-0.1, -0.05) is 18.2 Å². The van der Waals surface area contributed by atoms with E-state index in [9.17, 15) is 0 Å². The van der Waals surface area contributed by atoms with Gasteiger partial charge in [0.2, 0.25) is 0 Å². The van der Waals surface area contributed by atoms with Crippen molar-refractivity contribution in [3.05, 3.63) is 36.1 Å². The van der Waals surface area contributed by atoms with Crippen molar-refractivity contribution in [3.63, 3.8) is 0 Å². The summed E-state index contributed by atoms with van der Waals surface area (Å²) >= 11 is 2.02. The summed E-state index contributed by atoms with van der Waals surface area (Å²) in [6.07, 6.45) is 1.20. The maximum atomic E-state index is 5.95. The van der Waals surface area contributed by atoms with E-state index < -0.39 is 0 Å². The zero-order chi connectivity index (χ0) is 17.9. The Morgan fingerprint density at radius 1 is 1.38 bits per heavy atom. The van der Waals surface area contributed by atoms with Crippen molar-refractivity contribution in [2.45, 2.75) is 24.9 Å². The summed E-state index contributed by atoms with van der Waals surface area (Å²) in [5.74, 6) is 4.11. The Morgan fingerprint density at radius 2 is 2.15 bits per heavy atom. The average molecular weight is 488 g/mol. The molecule has 1 aliphatic heterocycles. The lowest BCUT2D eigenvalue weighted by Crippen LogP contribution is -2.54. The van der Waals surface area contributed by atoms with Crippen molar-refractivity contribution in [1.82, 2.24) is 15.5 Å². The molecule has 1 aromatic carbocycles. The fraction of sp³-hybridized carbons (Fsp3) is 0.526. The van der Waals surface area contributed by atoms with Crippen LogP contribution in [0.15, 0.2) is 39.7 Å². The molecule has 2 heterocycles. The SMILES string of the molecule is CN=C(NCC1(N(C)C)CCSC1)NC(C)c1cc2ccccc2o1.I. The molecule has 144 valence electrons. The molecule has 5 nitrogen and oxygen atoms in total. The summed E-state index contributed by atoms with van der Waals surface area (Å²) in [5, 5.41) is 8.08. The number of benzene rings is 1. The highest BCUT2D eigenvalue weighted by molar-refractivity contribution is 14.0. The van der Waals surface area contributed by atoms with Gasteiger partial charge < -0.3 is 20.0 Å². The zero-order valence-electron chi connectivity index (χ0n) is 15.9. The number of hydrogen-bond donors (Lipinski definition) is 2. The van der Waals surface area contributed by atoms with E-state index in [1.165, 1.54) is 12.2 Å². The highest BCUT2D eigenvalue weighted by Gasteiger charge is 2.36. The smallest absolute Gasteiger partial charge is 0.191 e. The lowest BCUT2D eigenvalue weighted by Gasteiger charge is -2.36. The molecule has 2 unspecified atom stereocenters. The molecule has 0 aliphatic carbocycles. The Bertz CT molecular complexity index is 707. The van der Waals surface area contributed by atoms with Gasteiger partial charge in [0, 0.05) is 30.3 Å². The normalized spacial score (nSPS) is 21.7. The van der Waals surface area contributed by atoms with Crippen molar-refractivity contribution in [3.8, 4) is 0 Å². The highest BCUT2D eigenvalue weighted by atomic mass is 127. The Morgan fingerprint density at radius 3 is 2.77 bits per heavy atom. The second kappa shape index (κ2) is 9.32. The third-order valence-corrected chi connectivity index (χ3v) is 6.30. The number of halogens is 1. The van der Waals surface area contributed by atoms with Crippen molar-refractivity contribution >= 4 is 52.7 Å². The largest absolute Gasteiger partial charge is 0.459 e. The quantitative estimate of drug-likeness (QED) is 0.382. The molecular weight excluding hydrogens is 459 g/mol. The third kappa shape index (κ3) is 4.67. The number of thioether (sulfide) groups is 1. The van der Waals surface area contributed by atoms with E-state index in [0.717, 1.165) is 35.0 Å². The molecule has 2 N–H and O–H groups in total. The molecular formula is C19H29IN4OS. The molecule has 0 amide bonds. The van der Waals surface area contributed by atoms with Crippen molar-refractivity contribution in [2.24, 2.45) is 4.99 Å². The molecule has 7 heteroatoms. The van der Waals surface area contributed by atoms with Gasteiger partial charge >= 0.3 is 0 Å². The summed E-state index contributed by atoms with van der Waals surface area (Å²) in [6, 6.07) is 10.2. The van der Waals surface area contributed by atoms with Crippen LogP contribution in [0.3, 0.4) is 0 Å². The first-order valence-corrected chi connectivity index (χ1v) is 9.90. The lowest BCUT2D eigenvalue weighted by molar-refractivity contribution is 0.183. The number of furan rings is 1. The number of nitrogens with one attached hydrogen (secondary N) is 2. The van der Waals surface area contributed by atoms with Crippen LogP contribution in [0, 0.1) is 0 Å². The maximum absolute atomic E-state index is 5.95. The van der Waals surface area contributed by atoms with Crippen LogP contribution >= 0.6 is 35.7 Å². The van der Waals surface area contributed by atoms with Crippen LogP contribution in [0.25, 0.3) is 11.0 Å². The molecule has 1 saturated heterocycles. The van der Waals surface area contributed by atoms with Gasteiger partial charge in [-0.3, -0.25) is 4.99 Å². The summed E-state index contributed by atoms with van der Waals surface area (Å²) in [7, 11) is 6.15. The van der Waals surface area contributed by atoms with Crippen LogP contribution in [0.5, 0.6) is 0 Å².